The van der Waals surface area contributed by atoms with Crippen molar-refractivity contribution in [2.45, 2.75) is 71.9 Å². The molecule has 1 unspecified atom stereocenters. The number of aliphatic carboxylic acids is 1. The van der Waals surface area contributed by atoms with Crippen LogP contribution in [0.25, 0.3) is 0 Å². The zero-order chi connectivity index (χ0) is 16.2. The number of unbranched alkanes of at least 4 members (excludes halogenated alkanes) is 1. The number of hydrogen-bond donors (Lipinski definition) is 3. The van der Waals surface area contributed by atoms with Gasteiger partial charge in [0.15, 0.2) is 0 Å². The molecule has 0 aliphatic heterocycles. The number of hydrogen-bond acceptors (Lipinski definition) is 4. The SMILES string of the molecule is CC(C)(C)OC(=O)NCCCCC(N)C(=O)O.CCC. The van der Waals surface area contributed by atoms with E-state index in [0.717, 1.165) is 0 Å². The summed E-state index contributed by atoms with van der Waals surface area (Å²) in [5.74, 6) is -0.995. The molecule has 120 valence electrons. The van der Waals surface area contributed by atoms with E-state index in [1.165, 1.54) is 6.42 Å². The summed E-state index contributed by atoms with van der Waals surface area (Å²) < 4.78 is 5.03. The normalized spacial score (nSPS) is 11.9. The van der Waals surface area contributed by atoms with Crippen molar-refractivity contribution in [1.82, 2.24) is 5.32 Å². The fourth-order valence-corrected chi connectivity index (χ4v) is 1.12. The number of carbonyl (C=O) groups is 2. The highest BCUT2D eigenvalue weighted by molar-refractivity contribution is 5.72. The lowest BCUT2D eigenvalue weighted by atomic mass is 10.1. The molecule has 6 heteroatoms. The van der Waals surface area contributed by atoms with E-state index in [1.54, 1.807) is 20.8 Å². The highest BCUT2D eigenvalue weighted by Gasteiger charge is 2.15. The van der Waals surface area contributed by atoms with Crippen molar-refractivity contribution in [2.24, 2.45) is 5.73 Å². The van der Waals surface area contributed by atoms with Gasteiger partial charge in [-0.05, 0) is 40.0 Å². The van der Waals surface area contributed by atoms with Crippen LogP contribution in [0.15, 0.2) is 0 Å². The second-order valence-corrected chi connectivity index (χ2v) is 5.58. The van der Waals surface area contributed by atoms with Crippen molar-refractivity contribution < 1.29 is 19.4 Å². The third-order valence-electron chi connectivity index (χ3n) is 1.93. The minimum atomic E-state index is -0.995. The Balaban J connectivity index is 0. The smallest absolute Gasteiger partial charge is 0.407 e. The van der Waals surface area contributed by atoms with Gasteiger partial charge in [-0.25, -0.2) is 4.79 Å². The molecule has 0 aromatic rings. The van der Waals surface area contributed by atoms with E-state index in [1.807, 2.05) is 0 Å². The summed E-state index contributed by atoms with van der Waals surface area (Å²) in [6.07, 6.45) is 2.54. The first-order chi connectivity index (χ1) is 9.14. The average Bonchev–Trinajstić information content (AvgIpc) is 2.26. The fraction of sp³-hybridized carbons (Fsp3) is 0.857. The number of amides is 1. The van der Waals surface area contributed by atoms with Gasteiger partial charge in [-0.2, -0.15) is 0 Å². The van der Waals surface area contributed by atoms with Gasteiger partial charge in [0.05, 0.1) is 0 Å². The molecule has 0 rings (SSSR count). The predicted octanol–water partition coefficient (Wildman–Crippen LogP) is 2.51. The first kappa shape index (κ1) is 21.0. The molecule has 0 bridgehead atoms. The van der Waals surface area contributed by atoms with Crippen molar-refractivity contribution in [3.63, 3.8) is 0 Å². The summed E-state index contributed by atoms with van der Waals surface area (Å²) in [6, 6.07) is -0.823. The summed E-state index contributed by atoms with van der Waals surface area (Å²) in [5.41, 5.74) is 4.83. The van der Waals surface area contributed by atoms with Crippen molar-refractivity contribution in [3.8, 4) is 0 Å². The van der Waals surface area contributed by atoms with Crippen LogP contribution < -0.4 is 11.1 Å². The minimum Gasteiger partial charge on any atom is -0.480 e. The number of ether oxygens (including phenoxy) is 1. The van der Waals surface area contributed by atoms with Crippen molar-refractivity contribution in [2.75, 3.05) is 6.54 Å². The molecular formula is C14H30N2O4. The zero-order valence-electron chi connectivity index (χ0n) is 13.4. The summed E-state index contributed by atoms with van der Waals surface area (Å²) in [6.45, 7) is 10.1. The van der Waals surface area contributed by atoms with Crippen LogP contribution in [-0.2, 0) is 9.53 Å². The van der Waals surface area contributed by atoms with Crippen LogP contribution in [0.4, 0.5) is 4.79 Å². The van der Waals surface area contributed by atoms with Crippen LogP contribution >= 0.6 is 0 Å². The summed E-state index contributed by atoms with van der Waals surface area (Å²) in [4.78, 5) is 21.6. The van der Waals surface area contributed by atoms with E-state index >= 15 is 0 Å². The maximum Gasteiger partial charge on any atom is 0.407 e. The van der Waals surface area contributed by atoms with Crippen LogP contribution in [0.2, 0.25) is 0 Å². The molecule has 0 saturated heterocycles. The Hall–Kier alpha value is -1.30. The van der Waals surface area contributed by atoms with Crippen molar-refractivity contribution in [3.05, 3.63) is 0 Å². The molecule has 1 atom stereocenters. The lowest BCUT2D eigenvalue weighted by Gasteiger charge is -2.19. The van der Waals surface area contributed by atoms with Gasteiger partial charge in [-0.15, -0.1) is 0 Å². The summed E-state index contributed by atoms with van der Waals surface area (Å²) in [5, 5.41) is 11.1. The molecule has 0 aliphatic carbocycles. The quantitative estimate of drug-likeness (QED) is 0.652. The van der Waals surface area contributed by atoms with Crippen LogP contribution in [0.5, 0.6) is 0 Å². The summed E-state index contributed by atoms with van der Waals surface area (Å²) in [7, 11) is 0. The number of carboxylic acid groups (broad SMARTS) is 1. The Morgan fingerprint density at radius 1 is 1.25 bits per heavy atom. The van der Waals surface area contributed by atoms with Gasteiger partial charge >= 0.3 is 12.1 Å². The average molecular weight is 290 g/mol. The van der Waals surface area contributed by atoms with E-state index in [9.17, 15) is 9.59 Å². The third kappa shape index (κ3) is 16.7. The molecule has 0 aromatic carbocycles. The molecule has 0 saturated carbocycles. The fourth-order valence-electron chi connectivity index (χ4n) is 1.12. The van der Waals surface area contributed by atoms with Crippen molar-refractivity contribution in [1.29, 1.82) is 0 Å². The van der Waals surface area contributed by atoms with E-state index < -0.39 is 23.7 Å². The highest BCUT2D eigenvalue weighted by Crippen LogP contribution is 2.06. The molecule has 6 nitrogen and oxygen atoms in total. The lowest BCUT2D eigenvalue weighted by molar-refractivity contribution is -0.138. The largest absolute Gasteiger partial charge is 0.480 e. The van der Waals surface area contributed by atoms with E-state index in [2.05, 4.69) is 19.2 Å². The van der Waals surface area contributed by atoms with Crippen LogP contribution in [0, 0.1) is 0 Å². The van der Waals surface area contributed by atoms with Crippen LogP contribution in [0.3, 0.4) is 0 Å². The Labute approximate surface area is 122 Å². The zero-order valence-corrected chi connectivity index (χ0v) is 13.4. The monoisotopic (exact) mass is 290 g/mol. The van der Waals surface area contributed by atoms with Crippen molar-refractivity contribution >= 4 is 12.1 Å². The topological polar surface area (TPSA) is 102 Å². The maximum atomic E-state index is 11.2. The molecule has 0 aromatic heterocycles. The van der Waals surface area contributed by atoms with E-state index in [-0.39, 0.29) is 0 Å². The first-order valence-corrected chi connectivity index (χ1v) is 7.09. The van der Waals surface area contributed by atoms with Gasteiger partial charge in [0.2, 0.25) is 0 Å². The number of nitrogens with one attached hydrogen (secondary N) is 1. The van der Waals surface area contributed by atoms with Gasteiger partial charge in [-0.1, -0.05) is 20.3 Å². The number of carboxylic acids is 1. The maximum absolute atomic E-state index is 11.2. The molecule has 0 heterocycles. The Kier molecular flexibility index (Phi) is 12.1. The number of alkyl carbamates (subject to hydrolysis) is 1. The second kappa shape index (κ2) is 11.5. The van der Waals surface area contributed by atoms with Gasteiger partial charge in [0.1, 0.15) is 11.6 Å². The molecule has 0 radical (unpaired) electrons. The van der Waals surface area contributed by atoms with Crippen LogP contribution in [0.1, 0.15) is 60.3 Å². The second-order valence-electron chi connectivity index (χ2n) is 5.58. The molecular weight excluding hydrogens is 260 g/mol. The predicted molar refractivity (Wildman–Crippen MR) is 79.7 cm³/mol. The Morgan fingerprint density at radius 2 is 1.75 bits per heavy atom. The molecule has 0 fully saturated rings. The lowest BCUT2D eigenvalue weighted by Crippen LogP contribution is -2.33. The number of carbonyl (C=O) groups excluding carboxylic acids is 1. The van der Waals surface area contributed by atoms with Gasteiger partial charge in [-0.3, -0.25) is 4.79 Å². The minimum absolute atomic E-state index is 0.408. The Bertz CT molecular complexity index is 275. The Morgan fingerprint density at radius 3 is 2.15 bits per heavy atom. The van der Waals surface area contributed by atoms with E-state index in [0.29, 0.717) is 25.8 Å². The van der Waals surface area contributed by atoms with Crippen LogP contribution in [-0.4, -0.2) is 35.4 Å². The molecule has 0 aliphatic rings. The highest BCUT2D eigenvalue weighted by atomic mass is 16.6. The van der Waals surface area contributed by atoms with Gasteiger partial charge in [0, 0.05) is 6.54 Å². The van der Waals surface area contributed by atoms with Gasteiger partial charge < -0.3 is 20.9 Å². The number of nitrogens with two attached hydrogens (primary N) is 1. The molecule has 4 N–H and O–H groups in total. The first-order valence-electron chi connectivity index (χ1n) is 7.09. The van der Waals surface area contributed by atoms with E-state index in [4.69, 9.17) is 15.6 Å². The standard InChI is InChI=1S/C11H22N2O4.C3H8/c1-11(2,3)17-10(16)13-7-5-4-6-8(12)9(14)15;1-3-2/h8H,4-7,12H2,1-3H3,(H,13,16)(H,14,15);3H2,1-2H3. The van der Waals surface area contributed by atoms with Gasteiger partial charge in [0.25, 0.3) is 0 Å². The molecule has 1 amide bonds. The number of rotatable bonds is 6. The summed E-state index contributed by atoms with van der Waals surface area (Å²) >= 11 is 0. The molecule has 20 heavy (non-hydrogen) atoms. The molecule has 0 spiro atoms. The third-order valence-corrected chi connectivity index (χ3v) is 1.93.